The SMILES string of the molecule is O=C(O)[C@H](CO)N=C(c1ccccc1)c1ccccc1O. The Kier molecular flexibility index (Phi) is 4.68. The molecule has 0 fully saturated rings. The van der Waals surface area contributed by atoms with Gasteiger partial charge in [0.25, 0.3) is 0 Å². The van der Waals surface area contributed by atoms with E-state index < -0.39 is 18.6 Å². The van der Waals surface area contributed by atoms with Gasteiger partial charge in [-0.25, -0.2) is 4.79 Å². The van der Waals surface area contributed by atoms with Gasteiger partial charge in [0.1, 0.15) is 5.75 Å². The van der Waals surface area contributed by atoms with Crippen molar-refractivity contribution in [2.24, 2.45) is 4.99 Å². The summed E-state index contributed by atoms with van der Waals surface area (Å²) in [5.41, 5.74) is 1.41. The second-order valence-corrected chi connectivity index (χ2v) is 4.40. The van der Waals surface area contributed by atoms with Crippen LogP contribution in [0.3, 0.4) is 0 Å². The lowest BCUT2D eigenvalue weighted by molar-refractivity contribution is -0.139. The molecule has 0 radical (unpaired) electrons. The highest BCUT2D eigenvalue weighted by Gasteiger charge is 2.18. The first kappa shape index (κ1) is 14.7. The van der Waals surface area contributed by atoms with Crippen molar-refractivity contribution in [3.63, 3.8) is 0 Å². The summed E-state index contributed by atoms with van der Waals surface area (Å²) in [5.74, 6) is -1.22. The molecular formula is C16H15NO4. The number of carboxylic acids is 1. The van der Waals surface area contributed by atoms with E-state index in [-0.39, 0.29) is 5.75 Å². The number of benzene rings is 2. The fourth-order valence-electron chi connectivity index (χ4n) is 1.90. The molecule has 1 atom stereocenters. The third-order valence-electron chi connectivity index (χ3n) is 2.95. The van der Waals surface area contributed by atoms with Gasteiger partial charge in [-0.15, -0.1) is 0 Å². The van der Waals surface area contributed by atoms with Gasteiger partial charge in [-0.3, -0.25) is 4.99 Å². The van der Waals surface area contributed by atoms with E-state index in [2.05, 4.69) is 4.99 Å². The number of phenols is 1. The van der Waals surface area contributed by atoms with Crippen molar-refractivity contribution in [2.45, 2.75) is 6.04 Å². The Hall–Kier alpha value is -2.66. The van der Waals surface area contributed by atoms with E-state index in [1.807, 2.05) is 6.07 Å². The zero-order valence-electron chi connectivity index (χ0n) is 11.2. The van der Waals surface area contributed by atoms with Crippen LogP contribution >= 0.6 is 0 Å². The molecule has 2 rings (SSSR count). The zero-order valence-corrected chi connectivity index (χ0v) is 11.2. The van der Waals surface area contributed by atoms with Crippen molar-refractivity contribution in [3.05, 3.63) is 65.7 Å². The molecule has 108 valence electrons. The zero-order chi connectivity index (χ0) is 15.2. The Morgan fingerprint density at radius 2 is 1.67 bits per heavy atom. The number of para-hydroxylation sites is 1. The van der Waals surface area contributed by atoms with E-state index in [0.29, 0.717) is 16.8 Å². The maximum atomic E-state index is 11.1. The number of aliphatic hydroxyl groups excluding tert-OH is 1. The Morgan fingerprint density at radius 3 is 2.24 bits per heavy atom. The van der Waals surface area contributed by atoms with Crippen molar-refractivity contribution in [3.8, 4) is 5.75 Å². The van der Waals surface area contributed by atoms with Gasteiger partial charge in [-0.2, -0.15) is 0 Å². The summed E-state index contributed by atoms with van der Waals surface area (Å²) in [4.78, 5) is 15.2. The van der Waals surface area contributed by atoms with Crippen LogP contribution < -0.4 is 0 Å². The maximum Gasteiger partial charge on any atom is 0.330 e. The first-order valence-electron chi connectivity index (χ1n) is 6.38. The lowest BCUT2D eigenvalue weighted by Crippen LogP contribution is -2.24. The van der Waals surface area contributed by atoms with E-state index in [9.17, 15) is 9.90 Å². The predicted molar refractivity (Wildman–Crippen MR) is 78.7 cm³/mol. The number of nitrogens with zero attached hydrogens (tertiary/aromatic N) is 1. The molecule has 5 nitrogen and oxygen atoms in total. The molecule has 0 bridgehead atoms. The Labute approximate surface area is 121 Å². The highest BCUT2D eigenvalue weighted by atomic mass is 16.4. The number of carbonyl (C=O) groups is 1. The summed E-state index contributed by atoms with van der Waals surface area (Å²) in [5, 5.41) is 28.2. The van der Waals surface area contributed by atoms with Crippen LogP contribution in [0.5, 0.6) is 5.75 Å². The molecule has 0 heterocycles. The normalized spacial score (nSPS) is 12.9. The number of hydrogen-bond donors (Lipinski definition) is 3. The van der Waals surface area contributed by atoms with Crippen LogP contribution in [0.25, 0.3) is 0 Å². The Morgan fingerprint density at radius 1 is 1.05 bits per heavy atom. The van der Waals surface area contributed by atoms with Gasteiger partial charge in [0.15, 0.2) is 6.04 Å². The van der Waals surface area contributed by atoms with E-state index in [4.69, 9.17) is 10.2 Å². The second-order valence-electron chi connectivity index (χ2n) is 4.40. The maximum absolute atomic E-state index is 11.1. The second kappa shape index (κ2) is 6.67. The van der Waals surface area contributed by atoms with E-state index in [1.165, 1.54) is 6.07 Å². The molecule has 0 saturated heterocycles. The lowest BCUT2D eigenvalue weighted by atomic mass is 10.0. The number of aliphatic hydroxyl groups is 1. The van der Waals surface area contributed by atoms with E-state index >= 15 is 0 Å². The molecule has 3 N–H and O–H groups in total. The van der Waals surface area contributed by atoms with Crippen molar-refractivity contribution in [1.82, 2.24) is 0 Å². The molecule has 0 aromatic heterocycles. The molecule has 2 aromatic rings. The van der Waals surface area contributed by atoms with Gasteiger partial charge in [0, 0.05) is 11.1 Å². The smallest absolute Gasteiger partial charge is 0.330 e. The Balaban J connectivity index is 2.58. The van der Waals surface area contributed by atoms with Gasteiger partial charge in [-0.05, 0) is 12.1 Å². The van der Waals surface area contributed by atoms with Gasteiger partial charge >= 0.3 is 5.97 Å². The molecule has 5 heteroatoms. The molecule has 0 spiro atoms. The fraction of sp³-hybridized carbons (Fsp3) is 0.125. The molecule has 0 unspecified atom stereocenters. The molecule has 0 amide bonds. The van der Waals surface area contributed by atoms with E-state index in [0.717, 1.165) is 0 Å². The highest BCUT2D eigenvalue weighted by Crippen LogP contribution is 2.21. The van der Waals surface area contributed by atoms with Crippen molar-refractivity contribution >= 4 is 11.7 Å². The third-order valence-corrected chi connectivity index (χ3v) is 2.95. The number of aromatic hydroxyl groups is 1. The molecule has 21 heavy (non-hydrogen) atoms. The van der Waals surface area contributed by atoms with Crippen molar-refractivity contribution < 1.29 is 20.1 Å². The quantitative estimate of drug-likeness (QED) is 0.729. The van der Waals surface area contributed by atoms with Gasteiger partial charge in [-0.1, -0.05) is 42.5 Å². The average molecular weight is 285 g/mol. The van der Waals surface area contributed by atoms with Gasteiger partial charge in [0.05, 0.1) is 12.3 Å². The average Bonchev–Trinajstić information content (AvgIpc) is 2.50. The van der Waals surface area contributed by atoms with Crippen molar-refractivity contribution in [1.29, 1.82) is 0 Å². The molecule has 0 saturated carbocycles. The molecule has 2 aromatic carbocycles. The summed E-state index contributed by atoms with van der Waals surface area (Å²) in [6, 6.07) is 14.2. The summed E-state index contributed by atoms with van der Waals surface area (Å²) in [7, 11) is 0. The summed E-state index contributed by atoms with van der Waals surface area (Å²) in [6.45, 7) is -0.612. The fourth-order valence-corrected chi connectivity index (χ4v) is 1.90. The van der Waals surface area contributed by atoms with Crippen LogP contribution in [0, 0.1) is 0 Å². The molecule has 0 aliphatic carbocycles. The number of aliphatic carboxylic acids is 1. The molecule has 0 aliphatic heterocycles. The molecular weight excluding hydrogens is 270 g/mol. The number of rotatable bonds is 5. The predicted octanol–water partition coefficient (Wildman–Crippen LogP) is 1.68. The van der Waals surface area contributed by atoms with Crippen LogP contribution in [0.4, 0.5) is 0 Å². The minimum atomic E-state index is -1.28. The van der Waals surface area contributed by atoms with Gasteiger partial charge in [0.2, 0.25) is 0 Å². The number of hydrogen-bond acceptors (Lipinski definition) is 4. The van der Waals surface area contributed by atoms with Crippen LogP contribution in [0.15, 0.2) is 59.6 Å². The van der Waals surface area contributed by atoms with Crippen LogP contribution in [0.1, 0.15) is 11.1 Å². The van der Waals surface area contributed by atoms with Gasteiger partial charge < -0.3 is 15.3 Å². The first-order chi connectivity index (χ1) is 10.1. The monoisotopic (exact) mass is 285 g/mol. The third kappa shape index (κ3) is 3.46. The number of aliphatic imine (C=N–C) groups is 1. The van der Waals surface area contributed by atoms with Crippen LogP contribution in [-0.2, 0) is 4.79 Å². The minimum absolute atomic E-state index is 0.00202. The van der Waals surface area contributed by atoms with Crippen LogP contribution in [-0.4, -0.2) is 39.6 Å². The van der Waals surface area contributed by atoms with Crippen molar-refractivity contribution in [2.75, 3.05) is 6.61 Å². The summed E-state index contributed by atoms with van der Waals surface area (Å²) in [6.07, 6.45) is 0. The topological polar surface area (TPSA) is 90.1 Å². The largest absolute Gasteiger partial charge is 0.507 e. The number of carboxylic acid groups (broad SMARTS) is 1. The Bertz CT molecular complexity index is 652. The highest BCUT2D eigenvalue weighted by molar-refractivity contribution is 6.15. The standard InChI is InChI=1S/C16H15NO4/c18-10-13(16(20)21)17-15(11-6-2-1-3-7-11)12-8-4-5-9-14(12)19/h1-9,13,18-19H,10H2,(H,20,21)/t13-/m0/s1. The molecule has 0 aliphatic rings. The van der Waals surface area contributed by atoms with Crippen LogP contribution in [0.2, 0.25) is 0 Å². The summed E-state index contributed by atoms with van der Waals surface area (Å²) < 4.78 is 0. The first-order valence-corrected chi connectivity index (χ1v) is 6.38. The van der Waals surface area contributed by atoms with E-state index in [1.54, 1.807) is 42.5 Å². The minimum Gasteiger partial charge on any atom is -0.507 e. The summed E-state index contributed by atoms with van der Waals surface area (Å²) >= 11 is 0. The number of phenolic OH excluding ortho intramolecular Hbond substituents is 1. The lowest BCUT2D eigenvalue weighted by Gasteiger charge is -2.12.